The summed E-state index contributed by atoms with van der Waals surface area (Å²) in [7, 11) is 1.54. The molecule has 0 aliphatic heterocycles. The molecule has 4 N–H and O–H groups in total. The van der Waals surface area contributed by atoms with Gasteiger partial charge in [0.25, 0.3) is 5.91 Å². The molecule has 2 aromatic carbocycles. The Labute approximate surface area is 170 Å². The fourth-order valence-electron chi connectivity index (χ4n) is 2.80. The number of nitrogens with two attached hydrogens (primary N) is 1. The molecule has 0 aromatic heterocycles. The van der Waals surface area contributed by atoms with E-state index in [1.54, 1.807) is 30.3 Å². The van der Waals surface area contributed by atoms with E-state index in [4.69, 9.17) is 15.2 Å². The third-order valence-corrected chi connectivity index (χ3v) is 4.46. The first-order chi connectivity index (χ1) is 13.9. The maximum Gasteiger partial charge on any atom is 0.252 e. The predicted molar refractivity (Wildman–Crippen MR) is 110 cm³/mol. The SMILES string of the molecule is CCCCCOc1cc(C(=O)NC(Cc2ccc(O)cc2)C(N)=O)ccc1OC. The van der Waals surface area contributed by atoms with Crippen LogP contribution in [0.4, 0.5) is 0 Å². The highest BCUT2D eigenvalue weighted by molar-refractivity contribution is 5.97. The standard InChI is InChI=1S/C22H28N2O5/c1-3-4-5-12-29-20-14-16(8-11-19(20)28-2)22(27)24-18(21(23)26)13-15-6-9-17(25)10-7-15/h6-11,14,18,25H,3-5,12-13H2,1-2H3,(H2,23,26)(H,24,27). The summed E-state index contributed by atoms with van der Waals surface area (Å²) in [6, 6.07) is 10.3. The molecule has 7 heteroatoms. The zero-order chi connectivity index (χ0) is 21.2. The first-order valence-electron chi connectivity index (χ1n) is 9.63. The van der Waals surface area contributed by atoms with Crippen molar-refractivity contribution < 1.29 is 24.2 Å². The zero-order valence-corrected chi connectivity index (χ0v) is 16.8. The van der Waals surface area contributed by atoms with Crippen molar-refractivity contribution >= 4 is 11.8 Å². The number of aromatic hydroxyl groups is 1. The summed E-state index contributed by atoms with van der Waals surface area (Å²) in [5, 5.41) is 12.0. The molecule has 0 bridgehead atoms. The van der Waals surface area contributed by atoms with Crippen LogP contribution in [0, 0.1) is 0 Å². The molecule has 2 rings (SSSR count). The first-order valence-corrected chi connectivity index (χ1v) is 9.63. The number of primary amides is 1. The van der Waals surface area contributed by atoms with Gasteiger partial charge in [0.05, 0.1) is 13.7 Å². The molecule has 0 radical (unpaired) electrons. The minimum Gasteiger partial charge on any atom is -0.508 e. The Morgan fingerprint density at radius 2 is 1.83 bits per heavy atom. The Balaban J connectivity index is 2.10. The Bertz CT molecular complexity index is 820. The molecular formula is C22H28N2O5. The van der Waals surface area contributed by atoms with Crippen LogP contribution in [0.3, 0.4) is 0 Å². The van der Waals surface area contributed by atoms with E-state index < -0.39 is 17.9 Å². The number of amides is 2. The van der Waals surface area contributed by atoms with E-state index in [1.165, 1.54) is 19.2 Å². The topological polar surface area (TPSA) is 111 Å². The average Bonchev–Trinajstić information content (AvgIpc) is 2.72. The number of methoxy groups -OCH3 is 1. The van der Waals surface area contributed by atoms with Crippen LogP contribution in [0.15, 0.2) is 42.5 Å². The molecule has 0 saturated heterocycles. The molecule has 7 nitrogen and oxygen atoms in total. The van der Waals surface area contributed by atoms with Gasteiger partial charge in [-0.05, 0) is 42.3 Å². The van der Waals surface area contributed by atoms with E-state index in [-0.39, 0.29) is 12.2 Å². The quantitative estimate of drug-likeness (QED) is 0.502. The number of hydrogen-bond donors (Lipinski definition) is 3. The summed E-state index contributed by atoms with van der Waals surface area (Å²) >= 11 is 0. The Morgan fingerprint density at radius 1 is 1.10 bits per heavy atom. The van der Waals surface area contributed by atoms with Gasteiger partial charge in [0.1, 0.15) is 11.8 Å². The van der Waals surface area contributed by atoms with E-state index in [0.717, 1.165) is 24.8 Å². The lowest BCUT2D eigenvalue weighted by Gasteiger charge is -2.17. The first kappa shape index (κ1) is 22.1. The number of unbranched alkanes of at least 4 members (excludes halogenated alkanes) is 2. The van der Waals surface area contributed by atoms with Crippen molar-refractivity contribution in [2.75, 3.05) is 13.7 Å². The van der Waals surface area contributed by atoms with Crippen molar-refractivity contribution in [2.24, 2.45) is 5.73 Å². The monoisotopic (exact) mass is 400 g/mol. The number of carbonyl (C=O) groups excluding carboxylic acids is 2. The molecule has 156 valence electrons. The fourth-order valence-corrected chi connectivity index (χ4v) is 2.80. The molecule has 1 unspecified atom stereocenters. The van der Waals surface area contributed by atoms with Gasteiger partial charge < -0.3 is 25.6 Å². The van der Waals surface area contributed by atoms with E-state index in [2.05, 4.69) is 12.2 Å². The maximum absolute atomic E-state index is 12.7. The number of carbonyl (C=O) groups is 2. The number of hydrogen-bond acceptors (Lipinski definition) is 5. The molecular weight excluding hydrogens is 372 g/mol. The third kappa shape index (κ3) is 6.71. The van der Waals surface area contributed by atoms with Crippen LogP contribution >= 0.6 is 0 Å². The summed E-state index contributed by atoms with van der Waals surface area (Å²) in [4.78, 5) is 24.5. The van der Waals surface area contributed by atoms with E-state index in [0.29, 0.717) is 23.7 Å². The highest BCUT2D eigenvalue weighted by atomic mass is 16.5. The van der Waals surface area contributed by atoms with Crippen LogP contribution < -0.4 is 20.5 Å². The lowest BCUT2D eigenvalue weighted by atomic mass is 10.0. The van der Waals surface area contributed by atoms with Gasteiger partial charge in [-0.2, -0.15) is 0 Å². The molecule has 1 atom stereocenters. The van der Waals surface area contributed by atoms with Crippen molar-refractivity contribution in [3.63, 3.8) is 0 Å². The van der Waals surface area contributed by atoms with Crippen LogP contribution in [0.25, 0.3) is 0 Å². The third-order valence-electron chi connectivity index (χ3n) is 4.46. The lowest BCUT2D eigenvalue weighted by Crippen LogP contribution is -2.45. The zero-order valence-electron chi connectivity index (χ0n) is 16.8. The summed E-state index contributed by atoms with van der Waals surface area (Å²) in [5.74, 6) is 0.0572. The summed E-state index contributed by atoms with van der Waals surface area (Å²) in [6.45, 7) is 2.64. The number of nitrogens with one attached hydrogen (secondary N) is 1. The molecule has 0 fully saturated rings. The van der Waals surface area contributed by atoms with E-state index in [1.807, 2.05) is 0 Å². The van der Waals surface area contributed by atoms with Crippen molar-refractivity contribution in [1.82, 2.24) is 5.32 Å². The predicted octanol–water partition coefficient (Wildman–Crippen LogP) is 2.80. The van der Waals surface area contributed by atoms with Gasteiger partial charge in [-0.1, -0.05) is 31.9 Å². The minimum absolute atomic E-state index is 0.123. The van der Waals surface area contributed by atoms with Crippen molar-refractivity contribution in [3.8, 4) is 17.2 Å². The Hall–Kier alpha value is -3.22. The van der Waals surface area contributed by atoms with Crippen LogP contribution in [-0.4, -0.2) is 36.7 Å². The van der Waals surface area contributed by atoms with Crippen LogP contribution in [0.2, 0.25) is 0 Å². The average molecular weight is 400 g/mol. The Kier molecular flexibility index (Phi) is 8.33. The number of phenolic OH excluding ortho intramolecular Hbond substituents is 1. The van der Waals surface area contributed by atoms with E-state index in [9.17, 15) is 14.7 Å². The number of phenols is 1. The maximum atomic E-state index is 12.7. The molecule has 0 saturated carbocycles. The number of rotatable bonds is 11. The van der Waals surface area contributed by atoms with E-state index >= 15 is 0 Å². The minimum atomic E-state index is -0.886. The largest absolute Gasteiger partial charge is 0.508 e. The van der Waals surface area contributed by atoms with Gasteiger partial charge in [-0.3, -0.25) is 9.59 Å². The molecule has 0 heterocycles. The molecule has 2 amide bonds. The van der Waals surface area contributed by atoms with Crippen LogP contribution in [0.1, 0.15) is 42.1 Å². The summed E-state index contributed by atoms with van der Waals surface area (Å²) in [6.07, 6.45) is 3.27. The fraction of sp³-hybridized carbons (Fsp3) is 0.364. The summed E-state index contributed by atoms with van der Waals surface area (Å²) < 4.78 is 11.1. The molecule has 29 heavy (non-hydrogen) atoms. The smallest absolute Gasteiger partial charge is 0.252 e. The van der Waals surface area contributed by atoms with Gasteiger partial charge >= 0.3 is 0 Å². The summed E-state index contributed by atoms with van der Waals surface area (Å²) in [5.41, 5.74) is 6.57. The normalized spacial score (nSPS) is 11.5. The molecule has 2 aromatic rings. The van der Waals surface area contributed by atoms with Gasteiger partial charge in [-0.15, -0.1) is 0 Å². The second kappa shape index (κ2) is 10.9. The van der Waals surface area contributed by atoms with Crippen LogP contribution in [-0.2, 0) is 11.2 Å². The van der Waals surface area contributed by atoms with Gasteiger partial charge in [0, 0.05) is 12.0 Å². The highest BCUT2D eigenvalue weighted by Gasteiger charge is 2.20. The van der Waals surface area contributed by atoms with Gasteiger partial charge in [0.2, 0.25) is 5.91 Å². The second-order valence-electron chi connectivity index (χ2n) is 6.72. The molecule has 0 spiro atoms. The number of ether oxygens (including phenoxy) is 2. The highest BCUT2D eigenvalue weighted by Crippen LogP contribution is 2.28. The second-order valence-corrected chi connectivity index (χ2v) is 6.72. The lowest BCUT2D eigenvalue weighted by molar-refractivity contribution is -0.119. The van der Waals surface area contributed by atoms with Gasteiger partial charge in [0.15, 0.2) is 11.5 Å². The van der Waals surface area contributed by atoms with Crippen molar-refractivity contribution in [3.05, 3.63) is 53.6 Å². The number of benzene rings is 2. The van der Waals surface area contributed by atoms with Crippen LogP contribution in [0.5, 0.6) is 17.2 Å². The molecule has 0 aliphatic rings. The van der Waals surface area contributed by atoms with Crippen molar-refractivity contribution in [1.29, 1.82) is 0 Å². The Morgan fingerprint density at radius 3 is 2.45 bits per heavy atom. The molecule has 0 aliphatic carbocycles. The van der Waals surface area contributed by atoms with Crippen molar-refractivity contribution in [2.45, 2.75) is 38.6 Å². The van der Waals surface area contributed by atoms with Gasteiger partial charge in [-0.25, -0.2) is 0 Å².